The quantitative estimate of drug-likeness (QED) is 0.0457. The molecule has 0 aliphatic heterocycles. The van der Waals surface area contributed by atoms with E-state index in [-0.39, 0.29) is 11.5 Å². The third-order valence-electron chi connectivity index (χ3n) is 8.38. The van der Waals surface area contributed by atoms with Crippen LogP contribution in [0.25, 0.3) is 0 Å². The van der Waals surface area contributed by atoms with E-state index in [2.05, 4.69) is 13.8 Å². The fourth-order valence-corrected chi connectivity index (χ4v) is 8.09. The van der Waals surface area contributed by atoms with Crippen LogP contribution in [0.2, 0.25) is 0 Å². The van der Waals surface area contributed by atoms with Gasteiger partial charge in [0.25, 0.3) is 0 Å². The topological polar surface area (TPSA) is 130 Å². The summed E-state index contributed by atoms with van der Waals surface area (Å²) in [5.74, 6) is -1.98. The van der Waals surface area contributed by atoms with Crippen molar-refractivity contribution in [3.05, 3.63) is 0 Å². The second-order valence-corrected chi connectivity index (χ2v) is 16.6. The van der Waals surface area contributed by atoms with E-state index < -0.39 is 32.2 Å². The molecule has 3 N–H and O–H groups in total. The van der Waals surface area contributed by atoms with Crippen molar-refractivity contribution in [3.8, 4) is 0 Å². The Labute approximate surface area is 272 Å². The minimum atomic E-state index is -3.92. The van der Waals surface area contributed by atoms with Gasteiger partial charge in [-0.2, -0.15) is 9.44 Å². The number of carboxylic acids is 1. The van der Waals surface area contributed by atoms with Crippen LogP contribution in [0.15, 0.2) is 0 Å². The molecule has 0 atom stereocenters. The van der Waals surface area contributed by atoms with Crippen LogP contribution in [0.5, 0.6) is 0 Å². The monoisotopic (exact) mass is 666 g/mol. The van der Waals surface area contributed by atoms with Gasteiger partial charge in [0.1, 0.15) is 0 Å². The first-order chi connectivity index (χ1) is 21.1. The van der Waals surface area contributed by atoms with E-state index in [1.54, 1.807) is 0 Å². The number of carbonyl (C=O) groups is 1. The zero-order valence-electron chi connectivity index (χ0n) is 28.6. The number of aliphatic carboxylic acids is 1. The van der Waals surface area contributed by atoms with Gasteiger partial charge < -0.3 is 5.11 Å². The third kappa shape index (κ3) is 30.0. The van der Waals surface area contributed by atoms with Crippen LogP contribution in [-0.2, 0) is 24.8 Å². The van der Waals surface area contributed by atoms with Crippen LogP contribution in [-0.4, -0.2) is 45.6 Å². The van der Waals surface area contributed by atoms with Gasteiger partial charge in [0.15, 0.2) is 6.17 Å². The number of hydrogen-bond donors (Lipinski definition) is 3. The van der Waals surface area contributed by atoms with Crippen molar-refractivity contribution in [2.45, 2.75) is 200 Å². The predicted octanol–water partition coefficient (Wildman–Crippen LogP) is 9.20. The highest BCUT2D eigenvalue weighted by Crippen LogP contribution is 2.15. The Morgan fingerprint density at radius 3 is 0.841 bits per heavy atom. The number of hydrogen-bond acceptors (Lipinski definition) is 5. The summed E-state index contributed by atoms with van der Waals surface area (Å²) in [4.78, 5) is 11.6. The van der Waals surface area contributed by atoms with Crippen LogP contribution in [0, 0.1) is 0 Å². The SMILES string of the molecule is CCCCCCCCCCCCCCCCS(=O)(=O)NC(NS(=O)(=O)CCCCCCCCCCCCCCCC)C(=O)O. The molecule has 0 aromatic rings. The molecule has 10 heteroatoms. The summed E-state index contributed by atoms with van der Waals surface area (Å²) in [5.41, 5.74) is 0. The van der Waals surface area contributed by atoms with E-state index >= 15 is 0 Å². The molecule has 0 aliphatic carbocycles. The van der Waals surface area contributed by atoms with Crippen LogP contribution in [0.4, 0.5) is 0 Å². The minimum Gasteiger partial charge on any atom is -0.479 e. The van der Waals surface area contributed by atoms with Crippen LogP contribution < -0.4 is 9.44 Å². The molecule has 0 bridgehead atoms. The highest BCUT2D eigenvalue weighted by molar-refractivity contribution is 7.90. The van der Waals surface area contributed by atoms with Crippen molar-refractivity contribution >= 4 is 26.0 Å². The Hall–Kier alpha value is -0.710. The number of rotatable bonds is 35. The molecular formula is C34H70N2O6S2. The molecule has 44 heavy (non-hydrogen) atoms. The first-order valence-corrected chi connectivity index (χ1v) is 21.7. The first kappa shape index (κ1) is 43.3. The molecule has 0 unspecified atom stereocenters. The highest BCUT2D eigenvalue weighted by atomic mass is 32.2. The van der Waals surface area contributed by atoms with Crippen LogP contribution >= 0.6 is 0 Å². The van der Waals surface area contributed by atoms with E-state index in [1.165, 1.54) is 116 Å². The van der Waals surface area contributed by atoms with Crippen molar-refractivity contribution in [2.24, 2.45) is 0 Å². The molecule has 0 spiro atoms. The minimum absolute atomic E-state index is 0.213. The molecule has 0 aliphatic rings. The summed E-state index contributed by atoms with van der Waals surface area (Å²) in [6.07, 6.45) is 30.3. The normalized spacial score (nSPS) is 12.3. The largest absolute Gasteiger partial charge is 0.479 e. The third-order valence-corrected chi connectivity index (χ3v) is 11.2. The first-order valence-electron chi connectivity index (χ1n) is 18.4. The Kier molecular flexibility index (Phi) is 29.2. The van der Waals surface area contributed by atoms with Gasteiger partial charge in [0.05, 0.1) is 11.5 Å². The van der Waals surface area contributed by atoms with Gasteiger partial charge in [-0.05, 0) is 12.8 Å². The average molecular weight is 667 g/mol. The molecule has 0 radical (unpaired) electrons. The van der Waals surface area contributed by atoms with Crippen LogP contribution in [0.1, 0.15) is 194 Å². The van der Waals surface area contributed by atoms with Gasteiger partial charge in [-0.3, -0.25) is 0 Å². The number of unbranched alkanes of at least 4 members (excludes halogenated alkanes) is 26. The van der Waals surface area contributed by atoms with Crippen molar-refractivity contribution in [1.29, 1.82) is 0 Å². The summed E-state index contributed by atoms with van der Waals surface area (Å²) in [6, 6.07) is 0. The molecular weight excluding hydrogens is 597 g/mol. The lowest BCUT2D eigenvalue weighted by molar-refractivity contribution is -0.139. The van der Waals surface area contributed by atoms with Gasteiger partial charge in [-0.1, -0.05) is 181 Å². The summed E-state index contributed by atoms with van der Waals surface area (Å²) in [6.45, 7) is 4.47. The zero-order chi connectivity index (χ0) is 32.8. The molecule has 0 heterocycles. The van der Waals surface area contributed by atoms with E-state index in [0.29, 0.717) is 12.8 Å². The Morgan fingerprint density at radius 1 is 0.432 bits per heavy atom. The van der Waals surface area contributed by atoms with E-state index in [4.69, 9.17) is 0 Å². The zero-order valence-corrected chi connectivity index (χ0v) is 30.2. The van der Waals surface area contributed by atoms with Gasteiger partial charge >= 0.3 is 5.97 Å². The van der Waals surface area contributed by atoms with Gasteiger partial charge in [0, 0.05) is 0 Å². The van der Waals surface area contributed by atoms with E-state index in [9.17, 15) is 26.7 Å². The lowest BCUT2D eigenvalue weighted by atomic mass is 10.0. The molecule has 264 valence electrons. The molecule has 0 amide bonds. The van der Waals surface area contributed by atoms with Gasteiger partial charge in [0.2, 0.25) is 20.0 Å². The Balaban J connectivity index is 3.95. The van der Waals surface area contributed by atoms with Crippen molar-refractivity contribution < 1.29 is 26.7 Å². The van der Waals surface area contributed by atoms with Crippen molar-refractivity contribution in [3.63, 3.8) is 0 Å². The molecule has 8 nitrogen and oxygen atoms in total. The summed E-state index contributed by atoms with van der Waals surface area (Å²) >= 11 is 0. The number of sulfonamides is 2. The fourth-order valence-electron chi connectivity index (χ4n) is 5.58. The molecule has 0 saturated heterocycles. The van der Waals surface area contributed by atoms with E-state index in [0.717, 1.165) is 51.4 Å². The van der Waals surface area contributed by atoms with Crippen LogP contribution in [0.3, 0.4) is 0 Å². The molecule has 0 aromatic heterocycles. The predicted molar refractivity (Wildman–Crippen MR) is 186 cm³/mol. The Morgan fingerprint density at radius 2 is 0.636 bits per heavy atom. The van der Waals surface area contributed by atoms with Gasteiger partial charge in [-0.15, -0.1) is 0 Å². The summed E-state index contributed by atoms with van der Waals surface area (Å²) < 4.78 is 53.8. The summed E-state index contributed by atoms with van der Waals surface area (Å²) in [5, 5.41) is 9.43. The lowest BCUT2D eigenvalue weighted by Crippen LogP contribution is -2.53. The number of carboxylic acid groups (broad SMARTS) is 1. The second kappa shape index (κ2) is 29.7. The maximum absolute atomic E-state index is 12.4. The maximum atomic E-state index is 12.4. The average Bonchev–Trinajstić information content (AvgIpc) is 2.96. The van der Waals surface area contributed by atoms with Gasteiger partial charge in [-0.25, -0.2) is 21.6 Å². The molecule has 0 aromatic carbocycles. The maximum Gasteiger partial charge on any atom is 0.337 e. The van der Waals surface area contributed by atoms with Crippen molar-refractivity contribution in [1.82, 2.24) is 9.44 Å². The lowest BCUT2D eigenvalue weighted by Gasteiger charge is -2.16. The smallest absolute Gasteiger partial charge is 0.337 e. The standard InChI is InChI=1S/C34H70N2O6S2/c1-3-5-7-9-11-13-15-17-19-21-23-25-27-29-31-43(39,40)35-33(34(37)38)36-44(41,42)32-30-28-26-24-22-20-18-16-14-12-10-8-6-4-2/h33,35-36H,3-32H2,1-2H3,(H,37,38). The van der Waals surface area contributed by atoms with Crippen molar-refractivity contribution in [2.75, 3.05) is 11.5 Å². The molecule has 0 saturated carbocycles. The molecule has 0 fully saturated rings. The fraction of sp³-hybridized carbons (Fsp3) is 0.971. The summed E-state index contributed by atoms with van der Waals surface area (Å²) in [7, 11) is -7.84. The highest BCUT2D eigenvalue weighted by Gasteiger charge is 2.28. The van der Waals surface area contributed by atoms with E-state index in [1.807, 2.05) is 9.44 Å². The number of nitrogens with one attached hydrogen (secondary N) is 2. The second-order valence-electron chi connectivity index (χ2n) is 12.8. The Bertz CT molecular complexity index is 801. The molecule has 0 rings (SSSR count).